The summed E-state index contributed by atoms with van der Waals surface area (Å²) in [5, 5.41) is 10.2. The molecule has 2 atom stereocenters. The van der Waals surface area contributed by atoms with Gasteiger partial charge in [-0.3, -0.25) is 9.89 Å². The first-order chi connectivity index (χ1) is 11.0. The van der Waals surface area contributed by atoms with Gasteiger partial charge in [-0.1, -0.05) is 6.92 Å². The highest BCUT2D eigenvalue weighted by Gasteiger charge is 2.31. The first-order valence-electron chi connectivity index (χ1n) is 8.69. The zero-order chi connectivity index (χ0) is 16.8. The average molecular weight is 465 g/mol. The van der Waals surface area contributed by atoms with Crippen molar-refractivity contribution in [2.75, 3.05) is 26.2 Å². The summed E-state index contributed by atoms with van der Waals surface area (Å²) in [6.07, 6.45) is 0.902. The summed E-state index contributed by atoms with van der Waals surface area (Å²) in [7, 11) is 0. The van der Waals surface area contributed by atoms with E-state index in [2.05, 4.69) is 53.6 Å². The maximum absolute atomic E-state index is 4.73. The maximum Gasteiger partial charge on any atom is 0.191 e. The van der Waals surface area contributed by atoms with Gasteiger partial charge in [0.05, 0.1) is 10.7 Å². The lowest BCUT2D eigenvalue weighted by Gasteiger charge is -2.21. The zero-order valence-electron chi connectivity index (χ0n) is 15.5. The fourth-order valence-corrected chi connectivity index (χ4v) is 3.56. The molecule has 1 aliphatic rings. The van der Waals surface area contributed by atoms with Gasteiger partial charge in [0.15, 0.2) is 5.96 Å². The number of aryl methyl sites for hydroxylation is 1. The second kappa shape index (κ2) is 10.6. The van der Waals surface area contributed by atoms with E-state index < -0.39 is 0 Å². The van der Waals surface area contributed by atoms with E-state index >= 15 is 0 Å². The van der Waals surface area contributed by atoms with Crippen molar-refractivity contribution in [3.63, 3.8) is 0 Å². The maximum atomic E-state index is 4.73. The van der Waals surface area contributed by atoms with Crippen molar-refractivity contribution >= 4 is 41.3 Å². The molecule has 24 heavy (non-hydrogen) atoms. The van der Waals surface area contributed by atoms with Gasteiger partial charge in [-0.2, -0.15) is 0 Å². The molecule has 2 unspecified atom stereocenters. The Morgan fingerprint density at radius 3 is 2.75 bits per heavy atom. The van der Waals surface area contributed by atoms with Crippen LogP contribution in [0.2, 0.25) is 0 Å². The molecular weight excluding hydrogens is 433 g/mol. The van der Waals surface area contributed by atoms with Crippen LogP contribution in [0, 0.1) is 12.8 Å². The average Bonchev–Trinajstić information content (AvgIpc) is 3.06. The predicted octanol–water partition coefficient (Wildman–Crippen LogP) is 2.90. The van der Waals surface area contributed by atoms with Gasteiger partial charge in [0, 0.05) is 50.1 Å². The molecule has 0 spiro atoms. The number of hydrogen-bond donors (Lipinski definition) is 2. The number of rotatable bonds is 6. The summed E-state index contributed by atoms with van der Waals surface area (Å²) in [5.41, 5.74) is 1.15. The van der Waals surface area contributed by atoms with Gasteiger partial charge in [-0.15, -0.1) is 35.3 Å². The molecular formula is C17H32IN5S. The summed E-state index contributed by atoms with van der Waals surface area (Å²) in [6, 6.07) is 1.08. The van der Waals surface area contributed by atoms with E-state index in [1.54, 1.807) is 11.3 Å². The van der Waals surface area contributed by atoms with Crippen LogP contribution >= 0.6 is 35.3 Å². The van der Waals surface area contributed by atoms with Crippen molar-refractivity contribution in [1.29, 1.82) is 0 Å². The van der Waals surface area contributed by atoms with E-state index in [1.165, 1.54) is 0 Å². The molecule has 1 saturated heterocycles. The normalized spacial score (nSPS) is 21.8. The summed E-state index contributed by atoms with van der Waals surface area (Å²) in [6.45, 7) is 14.9. The van der Waals surface area contributed by atoms with Crippen LogP contribution in [0.4, 0.5) is 0 Å². The molecule has 0 amide bonds. The predicted molar refractivity (Wildman–Crippen MR) is 115 cm³/mol. The largest absolute Gasteiger partial charge is 0.357 e. The minimum atomic E-state index is 0. The van der Waals surface area contributed by atoms with Crippen molar-refractivity contribution in [3.8, 4) is 0 Å². The van der Waals surface area contributed by atoms with Crippen LogP contribution in [0.15, 0.2) is 10.4 Å². The Morgan fingerprint density at radius 2 is 2.21 bits per heavy atom. The van der Waals surface area contributed by atoms with E-state index in [0.29, 0.717) is 18.0 Å². The van der Waals surface area contributed by atoms with Crippen molar-refractivity contribution in [1.82, 2.24) is 20.5 Å². The van der Waals surface area contributed by atoms with Gasteiger partial charge in [0.1, 0.15) is 0 Å². The topological polar surface area (TPSA) is 52.6 Å². The highest BCUT2D eigenvalue weighted by Crippen LogP contribution is 2.18. The molecule has 0 saturated carbocycles. The molecule has 1 fully saturated rings. The molecule has 0 aliphatic carbocycles. The fourth-order valence-electron chi connectivity index (χ4n) is 2.91. The van der Waals surface area contributed by atoms with Gasteiger partial charge in [0.25, 0.3) is 0 Å². The smallest absolute Gasteiger partial charge is 0.191 e. The molecule has 2 heterocycles. The van der Waals surface area contributed by atoms with Gasteiger partial charge >= 0.3 is 0 Å². The third kappa shape index (κ3) is 6.48. The van der Waals surface area contributed by atoms with Crippen LogP contribution in [-0.4, -0.2) is 54.1 Å². The lowest BCUT2D eigenvalue weighted by molar-refractivity contribution is 0.265. The van der Waals surface area contributed by atoms with E-state index in [1.807, 2.05) is 6.92 Å². The van der Waals surface area contributed by atoms with E-state index in [9.17, 15) is 0 Å². The van der Waals surface area contributed by atoms with Crippen molar-refractivity contribution < 1.29 is 0 Å². The number of likely N-dealkylation sites (tertiary alicyclic amines) is 1. The van der Waals surface area contributed by atoms with Gasteiger partial charge < -0.3 is 10.6 Å². The first kappa shape index (κ1) is 21.6. The minimum absolute atomic E-state index is 0. The van der Waals surface area contributed by atoms with E-state index in [4.69, 9.17) is 4.99 Å². The van der Waals surface area contributed by atoms with Crippen molar-refractivity contribution in [2.45, 2.75) is 53.1 Å². The van der Waals surface area contributed by atoms with Crippen LogP contribution < -0.4 is 10.6 Å². The second-order valence-corrected chi connectivity index (χ2v) is 7.71. The third-order valence-corrected chi connectivity index (χ3v) is 5.16. The van der Waals surface area contributed by atoms with Crippen LogP contribution in [-0.2, 0) is 6.42 Å². The van der Waals surface area contributed by atoms with Crippen LogP contribution in [0.1, 0.15) is 38.4 Å². The molecule has 1 aliphatic heterocycles. The third-order valence-electron chi connectivity index (χ3n) is 4.34. The molecule has 2 N–H and O–H groups in total. The molecule has 7 heteroatoms. The molecule has 1 aromatic heterocycles. The summed E-state index contributed by atoms with van der Waals surface area (Å²) in [4.78, 5) is 11.8. The number of guanidine groups is 1. The highest BCUT2D eigenvalue weighted by molar-refractivity contribution is 14.0. The quantitative estimate of drug-likeness (QED) is 0.386. The Hall–Kier alpha value is -0.410. The van der Waals surface area contributed by atoms with E-state index in [0.717, 1.165) is 49.3 Å². The van der Waals surface area contributed by atoms with Crippen LogP contribution in [0.3, 0.4) is 0 Å². The van der Waals surface area contributed by atoms with Gasteiger partial charge in [0.2, 0.25) is 0 Å². The zero-order valence-corrected chi connectivity index (χ0v) is 18.6. The van der Waals surface area contributed by atoms with E-state index in [-0.39, 0.29) is 24.0 Å². The molecule has 1 aromatic rings. The Balaban J connectivity index is 0.00000288. The molecule has 138 valence electrons. The van der Waals surface area contributed by atoms with Crippen LogP contribution in [0.25, 0.3) is 0 Å². The Morgan fingerprint density at radius 1 is 1.46 bits per heavy atom. The summed E-state index contributed by atoms with van der Waals surface area (Å²) in [5.74, 6) is 1.57. The molecule has 0 aromatic carbocycles. The lowest BCUT2D eigenvalue weighted by atomic mass is 10.1. The molecule has 0 radical (unpaired) electrons. The monoisotopic (exact) mass is 465 g/mol. The number of hydrogen-bond acceptors (Lipinski definition) is 4. The highest BCUT2D eigenvalue weighted by atomic mass is 127. The summed E-state index contributed by atoms with van der Waals surface area (Å²) >= 11 is 1.71. The second-order valence-electron chi connectivity index (χ2n) is 6.64. The molecule has 0 bridgehead atoms. The Labute approximate surface area is 167 Å². The SMILES string of the molecule is CCNC(=NCCc1csc(C)n1)NC1CN(C(C)C)CC1C.I. The standard InChI is InChI=1S/C17H31N5S.HI/c1-6-18-17(19-8-7-15-11-23-14(5)20-15)21-16-10-22(12(2)3)9-13(16)4;/h11-13,16H,6-10H2,1-5H3,(H2,18,19,21);1H. The van der Waals surface area contributed by atoms with Crippen molar-refractivity contribution in [2.24, 2.45) is 10.9 Å². The molecule has 2 rings (SSSR count). The van der Waals surface area contributed by atoms with Crippen molar-refractivity contribution in [3.05, 3.63) is 16.1 Å². The Kier molecular flexibility index (Phi) is 9.51. The summed E-state index contributed by atoms with van der Waals surface area (Å²) < 4.78 is 0. The number of halogens is 1. The fraction of sp³-hybridized carbons (Fsp3) is 0.765. The number of aliphatic imine (C=N–C) groups is 1. The number of nitrogens with zero attached hydrogens (tertiary/aromatic N) is 3. The lowest BCUT2D eigenvalue weighted by Crippen LogP contribution is -2.47. The number of nitrogens with one attached hydrogen (secondary N) is 2. The number of aromatic nitrogens is 1. The first-order valence-corrected chi connectivity index (χ1v) is 9.57. The number of thiazole rings is 1. The minimum Gasteiger partial charge on any atom is -0.357 e. The molecule has 5 nitrogen and oxygen atoms in total. The van der Waals surface area contributed by atoms with Gasteiger partial charge in [-0.05, 0) is 33.6 Å². The van der Waals surface area contributed by atoms with Gasteiger partial charge in [-0.25, -0.2) is 4.98 Å². The van der Waals surface area contributed by atoms with Crippen LogP contribution in [0.5, 0.6) is 0 Å². The Bertz CT molecular complexity index is 517.